The van der Waals surface area contributed by atoms with E-state index in [1.54, 1.807) is 23.0 Å². The van der Waals surface area contributed by atoms with Gasteiger partial charge in [0.2, 0.25) is 0 Å². The maximum atomic E-state index is 13.0. The zero-order chi connectivity index (χ0) is 17.6. The first-order valence-corrected chi connectivity index (χ1v) is 8.67. The van der Waals surface area contributed by atoms with Gasteiger partial charge in [0, 0.05) is 18.3 Å². The van der Waals surface area contributed by atoms with E-state index in [-0.39, 0.29) is 17.9 Å². The topological polar surface area (TPSA) is 71.0 Å². The van der Waals surface area contributed by atoms with Gasteiger partial charge in [-0.2, -0.15) is 5.10 Å². The number of urea groups is 1. The van der Waals surface area contributed by atoms with Gasteiger partial charge in [0.15, 0.2) is 0 Å². The normalized spacial score (nSPS) is 16.4. The number of benzene rings is 1. The van der Waals surface area contributed by atoms with Gasteiger partial charge in [-0.1, -0.05) is 0 Å². The average Bonchev–Trinajstić information content (AvgIpc) is 3.12. The third-order valence-electron chi connectivity index (χ3n) is 4.55. The van der Waals surface area contributed by atoms with Gasteiger partial charge in [0.25, 0.3) is 0 Å². The Bertz CT molecular complexity index is 694. The average molecular weight is 345 g/mol. The van der Waals surface area contributed by atoms with Crippen LogP contribution in [0.15, 0.2) is 36.7 Å². The van der Waals surface area contributed by atoms with Crippen molar-refractivity contribution in [3.05, 3.63) is 48.0 Å². The first-order chi connectivity index (χ1) is 12.1. The number of carbonyl (C=O) groups is 1. The molecule has 1 atom stereocenters. The van der Waals surface area contributed by atoms with E-state index in [0.717, 1.165) is 37.2 Å². The van der Waals surface area contributed by atoms with Crippen LogP contribution in [0.2, 0.25) is 0 Å². The number of amides is 2. The summed E-state index contributed by atoms with van der Waals surface area (Å²) in [6, 6.07) is 5.79. The quantitative estimate of drug-likeness (QED) is 0.779. The fraction of sp³-hybridized carbons (Fsp3) is 0.444. The van der Waals surface area contributed by atoms with Gasteiger partial charge in [-0.3, -0.25) is 0 Å². The second-order valence-electron chi connectivity index (χ2n) is 6.46. The molecule has 0 aliphatic carbocycles. The van der Waals surface area contributed by atoms with Crippen molar-refractivity contribution in [3.63, 3.8) is 0 Å². The SMILES string of the molecule is CC(NC(=O)NCC1CCNCC1)c1cnn(-c2ccc(F)cc2)c1. The Morgan fingerprint density at radius 1 is 1.36 bits per heavy atom. The number of halogens is 1. The van der Waals surface area contributed by atoms with Crippen LogP contribution >= 0.6 is 0 Å². The zero-order valence-corrected chi connectivity index (χ0v) is 14.3. The van der Waals surface area contributed by atoms with Crippen LogP contribution in [0.1, 0.15) is 31.4 Å². The number of rotatable bonds is 5. The van der Waals surface area contributed by atoms with Crippen molar-refractivity contribution in [1.82, 2.24) is 25.7 Å². The molecule has 1 aromatic carbocycles. The summed E-state index contributed by atoms with van der Waals surface area (Å²) < 4.78 is 14.7. The maximum Gasteiger partial charge on any atom is 0.315 e. The molecule has 3 rings (SSSR count). The third-order valence-corrected chi connectivity index (χ3v) is 4.55. The number of piperidine rings is 1. The Morgan fingerprint density at radius 2 is 2.08 bits per heavy atom. The van der Waals surface area contributed by atoms with Gasteiger partial charge in [-0.15, -0.1) is 0 Å². The van der Waals surface area contributed by atoms with E-state index in [1.165, 1.54) is 12.1 Å². The van der Waals surface area contributed by atoms with Crippen LogP contribution in [-0.2, 0) is 0 Å². The highest BCUT2D eigenvalue weighted by Gasteiger charge is 2.16. The van der Waals surface area contributed by atoms with Crippen LogP contribution in [0.25, 0.3) is 5.69 Å². The molecule has 0 radical (unpaired) electrons. The second-order valence-corrected chi connectivity index (χ2v) is 6.46. The maximum absolute atomic E-state index is 13.0. The van der Waals surface area contributed by atoms with Crippen molar-refractivity contribution < 1.29 is 9.18 Å². The number of nitrogens with one attached hydrogen (secondary N) is 3. The lowest BCUT2D eigenvalue weighted by atomic mass is 9.98. The van der Waals surface area contributed by atoms with Crippen molar-refractivity contribution in [2.45, 2.75) is 25.8 Å². The molecule has 1 aromatic heterocycles. The van der Waals surface area contributed by atoms with Crippen molar-refractivity contribution >= 4 is 6.03 Å². The summed E-state index contributed by atoms with van der Waals surface area (Å²) >= 11 is 0. The number of nitrogens with zero attached hydrogens (tertiary/aromatic N) is 2. The van der Waals surface area contributed by atoms with E-state index in [0.29, 0.717) is 12.5 Å². The molecule has 1 unspecified atom stereocenters. The molecule has 2 amide bonds. The molecule has 3 N–H and O–H groups in total. The number of aromatic nitrogens is 2. The molecule has 7 heteroatoms. The molecule has 0 spiro atoms. The fourth-order valence-corrected chi connectivity index (χ4v) is 2.95. The molecule has 2 aromatic rings. The summed E-state index contributed by atoms with van der Waals surface area (Å²) in [6.07, 6.45) is 5.74. The van der Waals surface area contributed by atoms with Crippen LogP contribution in [0, 0.1) is 11.7 Å². The van der Waals surface area contributed by atoms with Gasteiger partial charge in [-0.05, 0) is 63.0 Å². The second kappa shape index (κ2) is 8.11. The number of hydrogen-bond donors (Lipinski definition) is 3. The molecule has 1 aliphatic heterocycles. The highest BCUT2D eigenvalue weighted by atomic mass is 19.1. The Kier molecular flexibility index (Phi) is 5.65. The van der Waals surface area contributed by atoms with E-state index < -0.39 is 0 Å². The van der Waals surface area contributed by atoms with Crippen LogP contribution in [-0.4, -0.2) is 35.4 Å². The predicted octanol–water partition coefficient (Wildman–Crippen LogP) is 2.37. The minimum Gasteiger partial charge on any atom is -0.338 e. The number of carbonyl (C=O) groups excluding carboxylic acids is 1. The highest BCUT2D eigenvalue weighted by Crippen LogP contribution is 2.15. The highest BCUT2D eigenvalue weighted by molar-refractivity contribution is 5.74. The van der Waals surface area contributed by atoms with Crippen molar-refractivity contribution in [2.75, 3.05) is 19.6 Å². The summed E-state index contributed by atoms with van der Waals surface area (Å²) in [6.45, 7) is 4.66. The van der Waals surface area contributed by atoms with Crippen molar-refractivity contribution in [2.24, 2.45) is 5.92 Å². The Morgan fingerprint density at radius 3 is 2.80 bits per heavy atom. The van der Waals surface area contributed by atoms with E-state index in [1.807, 2.05) is 13.1 Å². The van der Waals surface area contributed by atoms with E-state index in [2.05, 4.69) is 21.0 Å². The molecular weight excluding hydrogens is 321 g/mol. The Balaban J connectivity index is 1.51. The Labute approximate surface area is 146 Å². The van der Waals surface area contributed by atoms with E-state index >= 15 is 0 Å². The van der Waals surface area contributed by atoms with Gasteiger partial charge in [0.05, 0.1) is 17.9 Å². The first kappa shape index (κ1) is 17.4. The minimum atomic E-state index is -0.281. The lowest BCUT2D eigenvalue weighted by molar-refractivity contribution is 0.234. The molecule has 1 aliphatic rings. The van der Waals surface area contributed by atoms with Gasteiger partial charge in [0.1, 0.15) is 5.82 Å². The van der Waals surface area contributed by atoms with E-state index in [4.69, 9.17) is 0 Å². The molecule has 134 valence electrons. The summed E-state index contributed by atoms with van der Waals surface area (Å²) in [5.41, 5.74) is 1.66. The lowest BCUT2D eigenvalue weighted by Gasteiger charge is -2.23. The molecule has 0 bridgehead atoms. The van der Waals surface area contributed by atoms with Crippen molar-refractivity contribution in [3.8, 4) is 5.69 Å². The summed E-state index contributed by atoms with van der Waals surface area (Å²) in [5, 5.41) is 13.5. The van der Waals surface area contributed by atoms with Crippen LogP contribution in [0.5, 0.6) is 0 Å². The minimum absolute atomic E-state index is 0.165. The largest absolute Gasteiger partial charge is 0.338 e. The molecule has 2 heterocycles. The summed E-state index contributed by atoms with van der Waals surface area (Å²) in [5.74, 6) is 0.264. The van der Waals surface area contributed by atoms with Gasteiger partial charge >= 0.3 is 6.03 Å². The monoisotopic (exact) mass is 345 g/mol. The standard InChI is InChI=1S/C18H24FN5O/c1-13(23-18(25)21-10-14-6-8-20-9-7-14)15-11-22-24(12-15)17-4-2-16(19)3-5-17/h2-5,11-14,20H,6-10H2,1H3,(H2,21,23,25). The predicted molar refractivity (Wildman–Crippen MR) is 94.1 cm³/mol. The molecule has 6 nitrogen and oxygen atoms in total. The van der Waals surface area contributed by atoms with E-state index in [9.17, 15) is 9.18 Å². The molecule has 25 heavy (non-hydrogen) atoms. The Hall–Kier alpha value is -2.41. The van der Waals surface area contributed by atoms with Crippen LogP contribution < -0.4 is 16.0 Å². The van der Waals surface area contributed by atoms with Crippen LogP contribution in [0.4, 0.5) is 9.18 Å². The molecule has 1 saturated heterocycles. The number of hydrogen-bond acceptors (Lipinski definition) is 3. The molecule has 1 fully saturated rings. The first-order valence-electron chi connectivity index (χ1n) is 8.67. The summed E-state index contributed by atoms with van der Waals surface area (Å²) in [7, 11) is 0. The molecule has 0 saturated carbocycles. The lowest BCUT2D eigenvalue weighted by Crippen LogP contribution is -2.41. The zero-order valence-electron chi connectivity index (χ0n) is 14.3. The third kappa shape index (κ3) is 4.79. The summed E-state index contributed by atoms with van der Waals surface area (Å²) in [4.78, 5) is 12.1. The van der Waals surface area contributed by atoms with Gasteiger partial charge in [-0.25, -0.2) is 13.9 Å². The van der Waals surface area contributed by atoms with Crippen molar-refractivity contribution in [1.29, 1.82) is 0 Å². The van der Waals surface area contributed by atoms with Crippen LogP contribution in [0.3, 0.4) is 0 Å². The fourth-order valence-electron chi connectivity index (χ4n) is 2.95. The van der Waals surface area contributed by atoms with Gasteiger partial charge < -0.3 is 16.0 Å². The smallest absolute Gasteiger partial charge is 0.315 e. The molecular formula is C18H24FN5O.